The quantitative estimate of drug-likeness (QED) is 0.195. The maximum atomic E-state index is 11.7. The number of benzene rings is 1. The number of aliphatic imine (C=N–C) groups is 1. The van der Waals surface area contributed by atoms with Gasteiger partial charge in [-0.25, -0.2) is 17.7 Å². The summed E-state index contributed by atoms with van der Waals surface area (Å²) in [5.41, 5.74) is 2.16. The normalized spacial score (nSPS) is 15.9. The first-order valence-corrected chi connectivity index (χ1v) is 12.4. The van der Waals surface area contributed by atoms with Gasteiger partial charge in [0, 0.05) is 38.9 Å². The summed E-state index contributed by atoms with van der Waals surface area (Å²) in [7, 11) is -1.43. The fourth-order valence-electron chi connectivity index (χ4n) is 3.35. The van der Waals surface area contributed by atoms with E-state index in [4.69, 9.17) is 14.5 Å². The zero-order chi connectivity index (χ0) is 22.0. The van der Waals surface area contributed by atoms with Gasteiger partial charge in [-0.1, -0.05) is 12.1 Å². The number of nitrogens with one attached hydrogen (secondary N) is 2. The molecule has 0 radical (unpaired) electrons. The van der Waals surface area contributed by atoms with Crippen LogP contribution < -0.4 is 15.4 Å². The molecule has 8 nitrogen and oxygen atoms in total. The van der Waals surface area contributed by atoms with Gasteiger partial charge in [-0.15, -0.1) is 24.0 Å². The number of guanidine groups is 1. The number of nitrogens with zero attached hydrogens (tertiary/aromatic N) is 2. The molecule has 2 rings (SSSR count). The first kappa shape index (κ1) is 27.9. The molecule has 0 spiro atoms. The van der Waals surface area contributed by atoms with Crippen molar-refractivity contribution in [3.63, 3.8) is 0 Å². The van der Waals surface area contributed by atoms with Gasteiger partial charge in [0.1, 0.15) is 12.4 Å². The average molecular weight is 569 g/mol. The fraction of sp³-hybridized carbons (Fsp3) is 0.667. The Hall–Kier alpha value is -1.11. The molecule has 1 fully saturated rings. The number of hydrogen-bond donors (Lipinski definition) is 2. The zero-order valence-corrected chi connectivity index (χ0v) is 22.2. The van der Waals surface area contributed by atoms with Gasteiger partial charge in [0.05, 0.1) is 19.4 Å². The maximum absolute atomic E-state index is 11.7. The number of ether oxygens (including phenoxy) is 2. The van der Waals surface area contributed by atoms with Gasteiger partial charge in [-0.05, 0) is 44.2 Å². The van der Waals surface area contributed by atoms with Crippen LogP contribution in [0.5, 0.6) is 5.75 Å². The molecule has 1 heterocycles. The third-order valence-corrected chi connectivity index (χ3v) is 6.42. The lowest BCUT2D eigenvalue weighted by atomic mass is 9.98. The van der Waals surface area contributed by atoms with E-state index in [-0.39, 0.29) is 24.0 Å². The van der Waals surface area contributed by atoms with Crippen molar-refractivity contribution in [3.05, 3.63) is 29.3 Å². The van der Waals surface area contributed by atoms with Crippen molar-refractivity contribution in [2.45, 2.75) is 33.2 Å². The van der Waals surface area contributed by atoms with Gasteiger partial charge in [0.2, 0.25) is 10.0 Å². The number of halogens is 1. The molecule has 178 valence electrons. The highest BCUT2D eigenvalue weighted by Gasteiger charge is 2.24. The summed E-state index contributed by atoms with van der Waals surface area (Å²) in [5.74, 6) is 2.02. The first-order chi connectivity index (χ1) is 14.3. The van der Waals surface area contributed by atoms with E-state index in [1.54, 1.807) is 11.4 Å². The van der Waals surface area contributed by atoms with E-state index in [1.807, 2.05) is 26.0 Å². The van der Waals surface area contributed by atoms with Gasteiger partial charge < -0.3 is 20.1 Å². The second kappa shape index (κ2) is 14.1. The van der Waals surface area contributed by atoms with E-state index >= 15 is 0 Å². The Labute approximate surface area is 204 Å². The minimum atomic E-state index is -3.09. The van der Waals surface area contributed by atoms with Crippen LogP contribution in [0.3, 0.4) is 0 Å². The van der Waals surface area contributed by atoms with Gasteiger partial charge in [-0.3, -0.25) is 0 Å². The molecule has 1 aromatic rings. The molecule has 1 aliphatic heterocycles. The van der Waals surface area contributed by atoms with Crippen LogP contribution in [0.25, 0.3) is 0 Å². The summed E-state index contributed by atoms with van der Waals surface area (Å²) >= 11 is 0. The number of aryl methyl sites for hydroxylation is 1. The number of rotatable bonds is 10. The molecule has 0 aliphatic carbocycles. The predicted octanol–water partition coefficient (Wildman–Crippen LogP) is 2.36. The molecule has 0 unspecified atom stereocenters. The average Bonchev–Trinajstić information content (AvgIpc) is 2.71. The monoisotopic (exact) mass is 568 g/mol. The molecule has 10 heteroatoms. The second-order valence-electron chi connectivity index (χ2n) is 7.63. The lowest BCUT2D eigenvalue weighted by Gasteiger charge is -2.30. The molecule has 0 amide bonds. The molecule has 1 aromatic carbocycles. The maximum Gasteiger partial charge on any atom is 0.211 e. The van der Waals surface area contributed by atoms with Crippen molar-refractivity contribution >= 4 is 40.0 Å². The molecule has 1 saturated heterocycles. The van der Waals surface area contributed by atoms with E-state index in [2.05, 4.69) is 16.7 Å². The third-order valence-electron chi connectivity index (χ3n) is 5.12. The highest BCUT2D eigenvalue weighted by Crippen LogP contribution is 2.21. The van der Waals surface area contributed by atoms with Crippen LogP contribution in [-0.4, -0.2) is 71.4 Å². The summed E-state index contributed by atoms with van der Waals surface area (Å²) < 4.78 is 35.8. The van der Waals surface area contributed by atoms with Crippen molar-refractivity contribution in [2.75, 3.05) is 52.8 Å². The van der Waals surface area contributed by atoms with E-state index in [0.717, 1.165) is 48.8 Å². The Bertz CT molecular complexity index is 797. The topological polar surface area (TPSA) is 92.3 Å². The van der Waals surface area contributed by atoms with Crippen LogP contribution >= 0.6 is 24.0 Å². The number of hydrogen-bond acceptors (Lipinski definition) is 5. The van der Waals surface area contributed by atoms with Crippen LogP contribution in [0.2, 0.25) is 0 Å². The molecule has 0 atom stereocenters. The van der Waals surface area contributed by atoms with Crippen LogP contribution in [0.1, 0.15) is 30.9 Å². The SMILES string of the molecule is CCNC(=NCc1ccc(C)cc1OCCOC)NCC1CCN(S(C)(=O)=O)CC1.I. The fourth-order valence-corrected chi connectivity index (χ4v) is 4.23. The Kier molecular flexibility index (Phi) is 12.7. The molecule has 0 bridgehead atoms. The van der Waals surface area contributed by atoms with Gasteiger partial charge in [0.15, 0.2) is 5.96 Å². The Balaban J connectivity index is 0.00000480. The molecule has 2 N–H and O–H groups in total. The van der Waals surface area contributed by atoms with Gasteiger partial charge in [0.25, 0.3) is 0 Å². The van der Waals surface area contributed by atoms with Crippen molar-refractivity contribution < 1.29 is 17.9 Å². The number of methoxy groups -OCH3 is 1. The molecule has 1 aliphatic rings. The Morgan fingerprint density at radius 3 is 2.55 bits per heavy atom. The van der Waals surface area contributed by atoms with E-state index in [1.165, 1.54) is 6.26 Å². The first-order valence-electron chi connectivity index (χ1n) is 10.5. The smallest absolute Gasteiger partial charge is 0.211 e. The van der Waals surface area contributed by atoms with Crippen LogP contribution in [0, 0.1) is 12.8 Å². The van der Waals surface area contributed by atoms with Crippen molar-refractivity contribution in [3.8, 4) is 5.75 Å². The lowest BCUT2D eigenvalue weighted by Crippen LogP contribution is -2.44. The summed E-state index contributed by atoms with van der Waals surface area (Å²) in [6.07, 6.45) is 2.99. The largest absolute Gasteiger partial charge is 0.491 e. The number of piperidine rings is 1. The molecule has 0 aromatic heterocycles. The summed E-state index contributed by atoms with van der Waals surface area (Å²) in [6, 6.07) is 6.13. The highest BCUT2D eigenvalue weighted by atomic mass is 127. The molecular formula is C21H37IN4O4S. The zero-order valence-electron chi connectivity index (χ0n) is 19.0. The lowest BCUT2D eigenvalue weighted by molar-refractivity contribution is 0.145. The minimum absolute atomic E-state index is 0. The molecule has 31 heavy (non-hydrogen) atoms. The molecular weight excluding hydrogens is 531 g/mol. The van der Waals surface area contributed by atoms with Crippen LogP contribution in [0.15, 0.2) is 23.2 Å². The summed E-state index contributed by atoms with van der Waals surface area (Å²) in [4.78, 5) is 4.72. The predicted molar refractivity (Wildman–Crippen MR) is 136 cm³/mol. The summed E-state index contributed by atoms with van der Waals surface area (Å²) in [6.45, 7) is 8.33. The Morgan fingerprint density at radius 1 is 1.23 bits per heavy atom. The van der Waals surface area contributed by atoms with Gasteiger partial charge in [-0.2, -0.15) is 0 Å². The minimum Gasteiger partial charge on any atom is -0.491 e. The Morgan fingerprint density at radius 2 is 1.94 bits per heavy atom. The standard InChI is InChI=1S/C21H36N4O4S.HI/c1-5-22-21(23-15-18-8-10-25(11-9-18)30(4,26)27)24-16-19-7-6-17(2)14-20(19)29-13-12-28-3;/h6-7,14,18H,5,8-13,15-16H2,1-4H3,(H2,22,23,24);1H. The summed E-state index contributed by atoms with van der Waals surface area (Å²) in [5, 5.41) is 6.69. The second-order valence-corrected chi connectivity index (χ2v) is 9.62. The molecule has 0 saturated carbocycles. The highest BCUT2D eigenvalue weighted by molar-refractivity contribution is 14.0. The third kappa shape index (κ3) is 9.92. The van der Waals surface area contributed by atoms with Gasteiger partial charge >= 0.3 is 0 Å². The van der Waals surface area contributed by atoms with Crippen molar-refractivity contribution in [1.29, 1.82) is 0 Å². The van der Waals surface area contributed by atoms with E-state index in [9.17, 15) is 8.42 Å². The van der Waals surface area contributed by atoms with E-state index < -0.39 is 10.0 Å². The van der Waals surface area contributed by atoms with Crippen molar-refractivity contribution in [1.82, 2.24) is 14.9 Å². The number of sulfonamides is 1. The van der Waals surface area contributed by atoms with Crippen LogP contribution in [0.4, 0.5) is 0 Å². The van der Waals surface area contributed by atoms with Crippen LogP contribution in [-0.2, 0) is 21.3 Å². The van der Waals surface area contributed by atoms with Crippen molar-refractivity contribution in [2.24, 2.45) is 10.9 Å². The van der Waals surface area contributed by atoms with E-state index in [0.29, 0.717) is 38.8 Å².